The summed E-state index contributed by atoms with van der Waals surface area (Å²) in [6.07, 6.45) is 5.74. The second kappa shape index (κ2) is 42.5. The van der Waals surface area contributed by atoms with E-state index in [0.717, 1.165) is 95.5 Å². The van der Waals surface area contributed by atoms with Gasteiger partial charge in [-0.2, -0.15) is 6.92 Å². The molecule has 0 aromatic rings. The summed E-state index contributed by atoms with van der Waals surface area (Å²) >= 11 is 0. The molecule has 433 valence electrons. The van der Waals surface area contributed by atoms with Crippen LogP contribution in [-0.2, 0) is 52.4 Å². The Morgan fingerprint density at radius 1 is 0.500 bits per heavy atom. The van der Waals surface area contributed by atoms with Crippen molar-refractivity contribution in [3.8, 4) is 0 Å². The maximum Gasteiger partial charge on any atom is 0.119 e. The zero-order chi connectivity index (χ0) is 56.4. The van der Waals surface area contributed by atoms with E-state index < -0.39 is 33.9 Å². The molecule has 0 aromatic carbocycles. The first-order valence-corrected chi connectivity index (χ1v) is 28.1. The molecule has 2 atom stereocenters. The quantitative estimate of drug-likeness (QED) is 0.0503. The average Bonchev–Trinajstić information content (AvgIpc) is 3.17. The Morgan fingerprint density at radius 2 is 0.750 bits per heavy atom. The average molecular weight is 1130 g/mol. The van der Waals surface area contributed by atoms with Crippen molar-refractivity contribution >= 4 is 22.1 Å². The number of aliphatic carboxylic acids is 2. The van der Waals surface area contributed by atoms with Crippen LogP contribution in [0.25, 0.3) is 0 Å². The minimum absolute atomic E-state index is 0. The van der Waals surface area contributed by atoms with Crippen LogP contribution >= 0.6 is 0 Å². The third kappa shape index (κ3) is 52.9. The van der Waals surface area contributed by atoms with E-state index >= 15 is 0 Å². The smallest absolute Gasteiger partial charge is 0.119 e. The van der Waals surface area contributed by atoms with Crippen molar-refractivity contribution in [2.24, 2.45) is 0 Å². The summed E-state index contributed by atoms with van der Waals surface area (Å²) < 4.78 is 34.6. The van der Waals surface area contributed by atoms with Crippen molar-refractivity contribution in [2.45, 2.75) is 131 Å². The fraction of sp³-hybridized carbons (Fsp3) is 0.942. The van der Waals surface area contributed by atoms with Gasteiger partial charge in [-0.25, -0.2) is 8.42 Å². The van der Waals surface area contributed by atoms with Crippen molar-refractivity contribution in [1.29, 1.82) is 0 Å². The van der Waals surface area contributed by atoms with Crippen molar-refractivity contribution in [3.63, 3.8) is 0 Å². The third-order valence-electron chi connectivity index (χ3n) is 12.5. The van der Waals surface area contributed by atoms with Gasteiger partial charge >= 0.3 is 0 Å². The monoisotopic (exact) mass is 1130 g/mol. The minimum Gasteiger partial charge on any atom is -0.748 e. The Kier molecular flexibility index (Phi) is 47.5. The van der Waals surface area contributed by atoms with Gasteiger partial charge in [0.15, 0.2) is 0 Å². The maximum absolute atomic E-state index is 10.8. The number of nitrogens with zero attached hydrogens (tertiary/aromatic N) is 9. The van der Waals surface area contributed by atoms with E-state index in [1.54, 1.807) is 6.92 Å². The minimum atomic E-state index is -4.41. The Bertz CT molecular complexity index is 1390. The first-order chi connectivity index (χ1) is 32.3. The van der Waals surface area contributed by atoms with Crippen molar-refractivity contribution in [1.82, 2.24) is 24.5 Å². The topological polar surface area (TPSA) is 194 Å². The van der Waals surface area contributed by atoms with Gasteiger partial charge in [-0.15, -0.1) is 0 Å². The number of aliphatic hydroxyl groups excluding tert-OH is 2. The fourth-order valence-corrected chi connectivity index (χ4v) is 9.05. The first-order valence-electron chi connectivity index (χ1n) is 26.5. The van der Waals surface area contributed by atoms with E-state index in [2.05, 4.69) is 115 Å². The maximum atomic E-state index is 10.8. The van der Waals surface area contributed by atoms with E-state index in [4.69, 9.17) is 0 Å². The van der Waals surface area contributed by atoms with E-state index in [1.807, 2.05) is 49.2 Å². The molecule has 0 saturated carbocycles. The molecule has 20 heteroatoms. The molecule has 0 saturated heterocycles. The van der Waals surface area contributed by atoms with Crippen molar-refractivity contribution in [3.05, 3.63) is 6.92 Å². The molecule has 0 amide bonds. The molecule has 0 spiro atoms. The predicted octanol–water partition coefficient (Wildman–Crippen LogP) is 0.874. The van der Waals surface area contributed by atoms with Crippen LogP contribution in [0.1, 0.15) is 100 Å². The Hall–Kier alpha value is -0.486. The number of likely N-dealkylation sites (N-methyl/N-ethyl adjacent to an activating group) is 4. The molecule has 0 aliphatic carbocycles. The van der Waals surface area contributed by atoms with Gasteiger partial charge < -0.3 is 83.9 Å². The number of aliphatic hydroxyl groups is 2. The summed E-state index contributed by atoms with van der Waals surface area (Å²) in [5, 5.41) is 41.3. The van der Waals surface area contributed by atoms with Gasteiger partial charge in [0, 0.05) is 103 Å². The standard InChI is InChI=1S/C20H46N3O5S.C17H35N3O4.C13H31N3.C2H5.Y/c1-8-19(24)15-22(4,5)13-9-11-21(18(2)3)12-10-14-23(6,7)16-20(25)17-29(26,27)28;1-15(2)18(9-7-11-19(3,4)13-16(21)22)10-8-12-20(5,6)14-17(23)24;1-13(2)16(11-7-9-14(3)4)12-8-10-15(5)6;1-2;/h18-20,24-25H,8-17H2,1-7H3;15H,7-14H2,1-6H3;13H,7-12H2,1-6H3;1H2,2H3;/q+1;;;-1;. The zero-order valence-electron chi connectivity index (χ0n) is 50.3. The molecular formula is C52H117N9O9SY. The number of hydrogen-bond acceptors (Lipinski definition) is 14. The van der Waals surface area contributed by atoms with Crippen LogP contribution in [0.4, 0.5) is 0 Å². The Morgan fingerprint density at radius 3 is 0.972 bits per heavy atom. The number of hydrogen-bond donors (Lipinski definition) is 2. The van der Waals surface area contributed by atoms with E-state index in [1.165, 1.54) is 39.0 Å². The van der Waals surface area contributed by atoms with Gasteiger partial charge in [-0.3, -0.25) is 0 Å². The zero-order valence-corrected chi connectivity index (χ0v) is 54.0. The summed E-state index contributed by atoms with van der Waals surface area (Å²) in [7, 11) is 20.0. The normalized spacial score (nSPS) is 13.5. The number of quaternary nitrogens is 4. The van der Waals surface area contributed by atoms with Gasteiger partial charge in [-0.05, 0) is 115 Å². The van der Waals surface area contributed by atoms with Crippen LogP contribution < -0.4 is 10.2 Å². The number of carbonyl (C=O) groups excluding carboxylic acids is 2. The van der Waals surface area contributed by atoms with Crippen LogP contribution in [0.5, 0.6) is 0 Å². The van der Waals surface area contributed by atoms with Crippen LogP contribution in [0, 0.1) is 6.92 Å². The van der Waals surface area contributed by atoms with Gasteiger partial charge in [-0.1, -0.05) is 6.92 Å². The molecule has 0 heterocycles. The molecule has 0 rings (SSSR count). The molecule has 72 heavy (non-hydrogen) atoms. The SMILES string of the molecule is CC(C)N(CCCN(C)C)CCCN(C)C.CC(C)N(CCC[N+](C)(C)CC(=O)[O-])CCC[N+](C)(C)CC(=O)[O-].CCC(O)C[N+](C)(C)CCCN(CCC[N+](C)(C)CC(O)CS(=O)(=O)[O-])C(C)C.[CH2-]C.[Y]. The van der Waals surface area contributed by atoms with Crippen molar-refractivity contribution in [2.75, 3.05) is 195 Å². The molecule has 0 aliphatic rings. The van der Waals surface area contributed by atoms with E-state index in [0.29, 0.717) is 31.6 Å². The number of carbonyl (C=O) groups is 2. The van der Waals surface area contributed by atoms with Gasteiger partial charge in [0.05, 0.1) is 110 Å². The second-order valence-corrected chi connectivity index (χ2v) is 25.1. The summed E-state index contributed by atoms with van der Waals surface area (Å²) in [6, 6.07) is 1.50. The fourth-order valence-electron chi connectivity index (χ4n) is 8.47. The number of rotatable bonds is 38. The predicted molar refractivity (Wildman–Crippen MR) is 290 cm³/mol. The van der Waals surface area contributed by atoms with Gasteiger partial charge in [0.25, 0.3) is 0 Å². The molecule has 18 nitrogen and oxygen atoms in total. The van der Waals surface area contributed by atoms with Crippen molar-refractivity contribution < 1.29 is 93.6 Å². The Labute approximate surface area is 470 Å². The molecule has 2 unspecified atom stereocenters. The molecule has 0 aliphatic heterocycles. The summed E-state index contributed by atoms with van der Waals surface area (Å²) in [6.45, 7) is 33.2. The molecule has 0 bridgehead atoms. The molecule has 2 N–H and O–H groups in total. The summed E-state index contributed by atoms with van der Waals surface area (Å²) in [5.74, 6) is -2.77. The molecule has 0 aromatic heterocycles. The third-order valence-corrected chi connectivity index (χ3v) is 13.3. The summed E-state index contributed by atoms with van der Waals surface area (Å²) in [5.41, 5.74) is 0. The Balaban J connectivity index is -0.000000315. The summed E-state index contributed by atoms with van der Waals surface area (Å²) in [4.78, 5) is 33.4. The van der Waals surface area contributed by atoms with E-state index in [9.17, 15) is 43.0 Å². The molecule has 1 radical (unpaired) electrons. The second-order valence-electron chi connectivity index (χ2n) is 23.6. The van der Waals surface area contributed by atoms with Gasteiger partial charge in [0.1, 0.15) is 38.4 Å². The van der Waals surface area contributed by atoms with E-state index in [-0.39, 0.29) is 58.4 Å². The van der Waals surface area contributed by atoms with Crippen LogP contribution in [0.3, 0.4) is 0 Å². The van der Waals surface area contributed by atoms with Crippen LogP contribution in [0.2, 0.25) is 0 Å². The van der Waals surface area contributed by atoms with Gasteiger partial charge in [0.2, 0.25) is 0 Å². The number of carboxylic acid groups (broad SMARTS) is 2. The number of carboxylic acids is 2. The van der Waals surface area contributed by atoms with Crippen LogP contribution in [0.15, 0.2) is 0 Å². The first kappa shape index (κ1) is 80.4. The largest absolute Gasteiger partial charge is 0.748 e. The molecular weight excluding hydrogens is 1020 g/mol. The van der Waals surface area contributed by atoms with Crippen LogP contribution in [-0.4, -0.2) is 303 Å². The molecule has 0 fully saturated rings.